The van der Waals surface area contributed by atoms with Crippen molar-refractivity contribution in [2.24, 2.45) is 5.92 Å². The van der Waals surface area contributed by atoms with Crippen LogP contribution in [0.3, 0.4) is 0 Å². The number of hydrogen-bond donors (Lipinski definition) is 2. The summed E-state index contributed by atoms with van der Waals surface area (Å²) in [5.74, 6) is 0.681. The second-order valence-corrected chi connectivity index (χ2v) is 4.96. The predicted molar refractivity (Wildman–Crippen MR) is 63.8 cm³/mol. The highest BCUT2D eigenvalue weighted by atomic mass is 16.5. The molecular weight excluding hydrogens is 234 g/mol. The van der Waals surface area contributed by atoms with E-state index >= 15 is 0 Å². The number of nitrogen functional groups attached to an aromatic ring is 1. The van der Waals surface area contributed by atoms with Crippen molar-refractivity contribution in [2.45, 2.75) is 25.3 Å². The van der Waals surface area contributed by atoms with E-state index in [1.54, 1.807) is 0 Å². The van der Waals surface area contributed by atoms with Crippen LogP contribution in [0.25, 0.3) is 0 Å². The van der Waals surface area contributed by atoms with Crippen LogP contribution in [-0.2, 0) is 4.74 Å². The minimum Gasteiger partial charge on any atom is -0.381 e. The van der Waals surface area contributed by atoms with Crippen molar-refractivity contribution in [3.05, 3.63) is 5.82 Å². The first-order valence-electron chi connectivity index (χ1n) is 6.30. The Labute approximate surface area is 105 Å². The first-order valence-corrected chi connectivity index (χ1v) is 6.30. The van der Waals surface area contributed by atoms with Gasteiger partial charge in [-0.2, -0.15) is 4.98 Å². The van der Waals surface area contributed by atoms with Crippen LogP contribution in [0, 0.1) is 5.92 Å². The number of hydrogen-bond acceptors (Lipinski definition) is 5. The molecule has 1 aliphatic heterocycles. The van der Waals surface area contributed by atoms with Gasteiger partial charge in [-0.1, -0.05) is 0 Å². The zero-order valence-corrected chi connectivity index (χ0v) is 10.1. The molecule has 1 saturated heterocycles. The van der Waals surface area contributed by atoms with Gasteiger partial charge in [0.2, 0.25) is 11.8 Å². The van der Waals surface area contributed by atoms with E-state index in [2.05, 4.69) is 15.2 Å². The van der Waals surface area contributed by atoms with Gasteiger partial charge in [-0.3, -0.25) is 9.89 Å². The van der Waals surface area contributed by atoms with Crippen molar-refractivity contribution >= 4 is 11.9 Å². The Morgan fingerprint density at radius 2 is 2.33 bits per heavy atom. The summed E-state index contributed by atoms with van der Waals surface area (Å²) in [6.07, 6.45) is 3.17. The van der Waals surface area contributed by atoms with E-state index in [0.29, 0.717) is 12.0 Å². The summed E-state index contributed by atoms with van der Waals surface area (Å²) in [4.78, 5) is 18.1. The maximum absolute atomic E-state index is 12.3. The first-order chi connectivity index (χ1) is 8.74. The molecule has 3 N–H and O–H groups in total. The lowest BCUT2D eigenvalue weighted by atomic mass is 10.1. The highest BCUT2D eigenvalue weighted by molar-refractivity contribution is 5.91. The van der Waals surface area contributed by atoms with Crippen molar-refractivity contribution in [2.75, 3.05) is 25.5 Å². The summed E-state index contributed by atoms with van der Waals surface area (Å²) in [5, 5.41) is 6.29. The molecule has 18 heavy (non-hydrogen) atoms. The summed E-state index contributed by atoms with van der Waals surface area (Å²) in [6.45, 7) is 2.28. The lowest BCUT2D eigenvalue weighted by Gasteiger charge is -2.23. The normalized spacial score (nSPS) is 23.2. The Bertz CT molecular complexity index is 436. The third-order valence-corrected chi connectivity index (χ3v) is 3.43. The number of amides is 1. The Morgan fingerprint density at radius 1 is 1.50 bits per heavy atom. The molecule has 2 heterocycles. The summed E-state index contributed by atoms with van der Waals surface area (Å²) < 4.78 is 5.35. The Morgan fingerprint density at radius 3 is 2.89 bits per heavy atom. The van der Waals surface area contributed by atoms with Crippen LogP contribution in [0.5, 0.6) is 0 Å². The van der Waals surface area contributed by atoms with Gasteiger partial charge in [0, 0.05) is 25.1 Å². The number of aromatic nitrogens is 3. The van der Waals surface area contributed by atoms with E-state index in [9.17, 15) is 4.79 Å². The summed E-state index contributed by atoms with van der Waals surface area (Å²) in [7, 11) is 0. The molecule has 98 valence electrons. The molecule has 1 amide bonds. The minimum atomic E-state index is -0.103. The average Bonchev–Trinajstić information content (AvgIpc) is 2.88. The van der Waals surface area contributed by atoms with E-state index in [1.165, 1.54) is 0 Å². The molecule has 2 aliphatic rings. The van der Waals surface area contributed by atoms with Crippen molar-refractivity contribution in [1.82, 2.24) is 20.1 Å². The van der Waals surface area contributed by atoms with E-state index in [1.807, 2.05) is 4.90 Å². The molecule has 0 aromatic carbocycles. The topological polar surface area (TPSA) is 97.1 Å². The van der Waals surface area contributed by atoms with Crippen molar-refractivity contribution in [3.8, 4) is 0 Å². The fraction of sp³-hybridized carbons (Fsp3) is 0.727. The van der Waals surface area contributed by atoms with Crippen LogP contribution < -0.4 is 5.73 Å². The van der Waals surface area contributed by atoms with Gasteiger partial charge in [0.1, 0.15) is 0 Å². The van der Waals surface area contributed by atoms with Gasteiger partial charge in [-0.15, -0.1) is 5.10 Å². The van der Waals surface area contributed by atoms with Crippen LogP contribution in [-0.4, -0.2) is 51.8 Å². The number of H-pyrrole nitrogens is 1. The molecule has 3 rings (SSSR count). The van der Waals surface area contributed by atoms with Gasteiger partial charge in [-0.25, -0.2) is 0 Å². The van der Waals surface area contributed by atoms with Crippen molar-refractivity contribution in [3.63, 3.8) is 0 Å². The van der Waals surface area contributed by atoms with Crippen LogP contribution in [0.1, 0.15) is 29.9 Å². The molecule has 1 saturated carbocycles. The average molecular weight is 251 g/mol. The molecule has 7 nitrogen and oxygen atoms in total. The van der Waals surface area contributed by atoms with Crippen LogP contribution in [0.4, 0.5) is 5.95 Å². The SMILES string of the molecule is Nc1n[nH]c(C(=O)N(CC2CCOC2)C2CC2)n1. The van der Waals surface area contributed by atoms with Gasteiger partial charge in [0.05, 0.1) is 6.61 Å². The molecule has 1 aromatic heterocycles. The second kappa shape index (κ2) is 4.56. The van der Waals surface area contributed by atoms with E-state index in [4.69, 9.17) is 10.5 Å². The van der Waals surface area contributed by atoms with Crippen LogP contribution in [0.15, 0.2) is 0 Å². The summed E-state index contributed by atoms with van der Waals surface area (Å²) >= 11 is 0. The highest BCUT2D eigenvalue weighted by Gasteiger charge is 2.36. The zero-order valence-electron chi connectivity index (χ0n) is 10.1. The largest absolute Gasteiger partial charge is 0.381 e. The van der Waals surface area contributed by atoms with Crippen LogP contribution in [0.2, 0.25) is 0 Å². The van der Waals surface area contributed by atoms with Crippen molar-refractivity contribution < 1.29 is 9.53 Å². The predicted octanol–water partition coefficient (Wildman–Crippen LogP) is 0.0280. The van der Waals surface area contributed by atoms with Crippen molar-refractivity contribution in [1.29, 1.82) is 0 Å². The van der Waals surface area contributed by atoms with E-state index in [0.717, 1.165) is 39.0 Å². The molecule has 1 aromatic rings. The number of nitrogens with one attached hydrogen (secondary N) is 1. The fourth-order valence-electron chi connectivity index (χ4n) is 2.30. The number of ether oxygens (including phenoxy) is 1. The molecule has 1 aliphatic carbocycles. The number of nitrogens with two attached hydrogens (primary N) is 1. The zero-order chi connectivity index (χ0) is 12.5. The first kappa shape index (κ1) is 11.5. The number of nitrogens with zero attached hydrogens (tertiary/aromatic N) is 3. The van der Waals surface area contributed by atoms with E-state index in [-0.39, 0.29) is 17.7 Å². The maximum Gasteiger partial charge on any atom is 0.291 e. The molecule has 1 unspecified atom stereocenters. The third-order valence-electron chi connectivity index (χ3n) is 3.43. The smallest absolute Gasteiger partial charge is 0.291 e. The highest BCUT2D eigenvalue weighted by Crippen LogP contribution is 2.29. The number of anilines is 1. The summed E-state index contributed by atoms with van der Waals surface area (Å²) in [5.41, 5.74) is 5.43. The molecule has 0 radical (unpaired) electrons. The number of aromatic amines is 1. The maximum atomic E-state index is 12.3. The Hall–Kier alpha value is -1.63. The number of carbonyl (C=O) groups excluding carboxylic acids is 1. The lowest BCUT2D eigenvalue weighted by Crippen LogP contribution is -2.38. The van der Waals surface area contributed by atoms with Gasteiger partial charge in [-0.05, 0) is 19.3 Å². The van der Waals surface area contributed by atoms with Gasteiger partial charge >= 0.3 is 0 Å². The molecule has 0 bridgehead atoms. The lowest BCUT2D eigenvalue weighted by molar-refractivity contribution is 0.0694. The second-order valence-electron chi connectivity index (χ2n) is 4.96. The molecular formula is C11H17N5O2. The minimum absolute atomic E-state index is 0.103. The standard InChI is InChI=1S/C11H17N5O2/c12-11-13-9(14-15-11)10(17)16(8-1-2-8)5-7-3-4-18-6-7/h7-8H,1-6H2,(H3,12,13,14,15). The molecule has 1 atom stereocenters. The van der Waals surface area contributed by atoms with Crippen LogP contribution >= 0.6 is 0 Å². The summed E-state index contributed by atoms with van der Waals surface area (Å²) in [6, 6.07) is 0.351. The molecule has 2 fully saturated rings. The molecule has 0 spiro atoms. The van der Waals surface area contributed by atoms with Gasteiger partial charge in [0.25, 0.3) is 5.91 Å². The Kier molecular flexibility index (Phi) is 2.91. The van der Waals surface area contributed by atoms with Gasteiger partial charge < -0.3 is 15.4 Å². The molecule has 7 heteroatoms. The fourth-order valence-corrected chi connectivity index (χ4v) is 2.30. The van der Waals surface area contributed by atoms with Gasteiger partial charge in [0.15, 0.2) is 0 Å². The quantitative estimate of drug-likeness (QED) is 0.786. The Balaban J connectivity index is 1.70. The van der Waals surface area contributed by atoms with E-state index < -0.39 is 0 Å². The number of carbonyl (C=O) groups is 1. The monoisotopic (exact) mass is 251 g/mol. The third kappa shape index (κ3) is 2.31. The number of rotatable bonds is 4.